The van der Waals surface area contributed by atoms with Crippen LogP contribution in [0.4, 0.5) is 0 Å². The Kier molecular flexibility index (Phi) is 5.70. The molecule has 0 unspecified atom stereocenters. The molecule has 1 aromatic rings. The van der Waals surface area contributed by atoms with E-state index in [4.69, 9.17) is 14.2 Å². The van der Waals surface area contributed by atoms with Gasteiger partial charge in [0.05, 0.1) is 13.2 Å². The number of hydrogen-bond donors (Lipinski definition) is 0. The number of Topliss-reactive ketones (excluding diaryl/α,β-unsaturated/α-hetero) is 1. The number of rotatable bonds is 7. The van der Waals surface area contributed by atoms with E-state index < -0.39 is 5.97 Å². The van der Waals surface area contributed by atoms with Gasteiger partial charge in [0.15, 0.2) is 6.29 Å². The molecule has 2 rings (SSSR count). The smallest absolute Gasteiger partial charge is 0.318 e. The second-order valence-electron chi connectivity index (χ2n) is 4.57. The lowest BCUT2D eigenvalue weighted by Crippen LogP contribution is -2.14. The van der Waals surface area contributed by atoms with Crippen molar-refractivity contribution in [3.05, 3.63) is 30.3 Å². The molecule has 1 heterocycles. The number of esters is 1. The largest absolute Gasteiger partial charge is 0.426 e. The van der Waals surface area contributed by atoms with Crippen molar-refractivity contribution in [3.63, 3.8) is 0 Å². The monoisotopic (exact) mass is 278 g/mol. The summed E-state index contributed by atoms with van der Waals surface area (Å²) in [5.74, 6) is -0.184. The Hall–Kier alpha value is -1.72. The van der Waals surface area contributed by atoms with Crippen LogP contribution in [0.1, 0.15) is 25.7 Å². The molecule has 5 nitrogen and oxygen atoms in total. The summed E-state index contributed by atoms with van der Waals surface area (Å²) < 4.78 is 15.6. The fourth-order valence-electron chi connectivity index (χ4n) is 1.95. The van der Waals surface area contributed by atoms with Gasteiger partial charge in [-0.25, -0.2) is 0 Å². The number of ether oxygens (including phenoxy) is 3. The number of hydrogen-bond acceptors (Lipinski definition) is 5. The first kappa shape index (κ1) is 14.7. The number of ketones is 1. The first-order valence-electron chi connectivity index (χ1n) is 6.74. The van der Waals surface area contributed by atoms with Crippen LogP contribution in [0.3, 0.4) is 0 Å². The van der Waals surface area contributed by atoms with Crippen LogP contribution in [0.5, 0.6) is 5.75 Å². The van der Waals surface area contributed by atoms with Crippen LogP contribution in [0, 0.1) is 0 Å². The zero-order valence-corrected chi connectivity index (χ0v) is 11.2. The van der Waals surface area contributed by atoms with Crippen molar-refractivity contribution < 1.29 is 23.8 Å². The third-order valence-corrected chi connectivity index (χ3v) is 2.90. The van der Waals surface area contributed by atoms with Crippen LogP contribution in [0.15, 0.2) is 30.3 Å². The lowest BCUT2D eigenvalue weighted by molar-refractivity contribution is -0.138. The molecule has 108 valence electrons. The Morgan fingerprint density at radius 1 is 1.15 bits per heavy atom. The van der Waals surface area contributed by atoms with E-state index in [0.29, 0.717) is 38.2 Å². The van der Waals surface area contributed by atoms with E-state index in [9.17, 15) is 9.59 Å². The quantitative estimate of drug-likeness (QED) is 0.434. The van der Waals surface area contributed by atoms with Crippen LogP contribution < -0.4 is 4.74 Å². The number of benzene rings is 1. The average Bonchev–Trinajstić information content (AvgIpc) is 2.93. The van der Waals surface area contributed by atoms with E-state index >= 15 is 0 Å². The van der Waals surface area contributed by atoms with Gasteiger partial charge in [-0.3, -0.25) is 9.59 Å². The fraction of sp³-hybridized carbons (Fsp3) is 0.467. The van der Waals surface area contributed by atoms with Crippen molar-refractivity contribution in [2.75, 3.05) is 13.2 Å². The molecular weight excluding hydrogens is 260 g/mol. The highest BCUT2D eigenvalue weighted by molar-refractivity contribution is 5.96. The highest BCUT2D eigenvalue weighted by Gasteiger charge is 2.17. The summed E-state index contributed by atoms with van der Waals surface area (Å²) in [5.41, 5.74) is 0. The fourth-order valence-corrected chi connectivity index (χ4v) is 1.95. The molecule has 0 aromatic heterocycles. The van der Waals surface area contributed by atoms with Gasteiger partial charge in [-0.05, 0) is 25.0 Å². The molecule has 0 spiro atoms. The van der Waals surface area contributed by atoms with Gasteiger partial charge in [-0.2, -0.15) is 0 Å². The molecule has 5 heteroatoms. The lowest BCUT2D eigenvalue weighted by Gasteiger charge is -2.07. The Morgan fingerprint density at radius 2 is 1.85 bits per heavy atom. The van der Waals surface area contributed by atoms with Crippen LogP contribution in [0.25, 0.3) is 0 Å². The second-order valence-corrected chi connectivity index (χ2v) is 4.57. The van der Waals surface area contributed by atoms with E-state index in [1.54, 1.807) is 24.3 Å². The molecule has 1 fully saturated rings. The van der Waals surface area contributed by atoms with Gasteiger partial charge in [0.25, 0.3) is 0 Å². The number of para-hydroxylation sites is 1. The first-order chi connectivity index (χ1) is 9.74. The summed E-state index contributed by atoms with van der Waals surface area (Å²) in [6, 6.07) is 8.72. The minimum atomic E-state index is -0.519. The molecule has 0 amide bonds. The summed E-state index contributed by atoms with van der Waals surface area (Å²) >= 11 is 0. The normalized spacial score (nSPS) is 15.2. The highest BCUT2D eigenvalue weighted by Crippen LogP contribution is 2.13. The maximum atomic E-state index is 11.6. The molecule has 0 aliphatic carbocycles. The molecule has 0 saturated carbocycles. The van der Waals surface area contributed by atoms with Crippen LogP contribution in [-0.2, 0) is 19.1 Å². The third kappa shape index (κ3) is 5.11. The molecule has 0 radical (unpaired) electrons. The average molecular weight is 278 g/mol. The topological polar surface area (TPSA) is 61.8 Å². The van der Waals surface area contributed by atoms with Crippen molar-refractivity contribution in [2.24, 2.45) is 0 Å². The Labute approximate surface area is 117 Å². The minimum absolute atomic E-state index is 0.121. The molecule has 0 bridgehead atoms. The molecule has 0 N–H and O–H groups in total. The van der Waals surface area contributed by atoms with Crippen molar-refractivity contribution in [2.45, 2.75) is 32.0 Å². The van der Waals surface area contributed by atoms with Crippen molar-refractivity contribution in [3.8, 4) is 5.75 Å². The molecular formula is C15H18O5. The van der Waals surface area contributed by atoms with Gasteiger partial charge >= 0.3 is 5.97 Å². The second kappa shape index (κ2) is 7.77. The van der Waals surface area contributed by atoms with E-state index in [-0.39, 0.29) is 18.5 Å². The predicted molar refractivity (Wildman–Crippen MR) is 71.2 cm³/mol. The van der Waals surface area contributed by atoms with Crippen LogP contribution in [0.2, 0.25) is 0 Å². The Morgan fingerprint density at radius 3 is 2.55 bits per heavy atom. The minimum Gasteiger partial charge on any atom is -0.426 e. The van der Waals surface area contributed by atoms with Gasteiger partial charge in [0.2, 0.25) is 0 Å². The standard InChI is InChI=1S/C15H18O5/c16-12(5-4-8-15-18-9-10-19-15)11-14(17)20-13-6-2-1-3-7-13/h1-3,6-7,15H,4-5,8-11H2. The maximum absolute atomic E-state index is 11.6. The van der Waals surface area contributed by atoms with Gasteiger partial charge in [0, 0.05) is 6.42 Å². The Balaban J connectivity index is 1.62. The molecule has 0 atom stereocenters. The SMILES string of the molecule is O=C(CCCC1OCCO1)CC(=O)Oc1ccccc1. The maximum Gasteiger partial charge on any atom is 0.318 e. The number of carbonyl (C=O) groups excluding carboxylic acids is 2. The molecule has 1 aliphatic heterocycles. The first-order valence-corrected chi connectivity index (χ1v) is 6.74. The summed E-state index contributed by atoms with van der Waals surface area (Å²) in [6.07, 6.45) is 1.29. The zero-order valence-electron chi connectivity index (χ0n) is 11.2. The molecule has 20 heavy (non-hydrogen) atoms. The van der Waals surface area contributed by atoms with Crippen molar-refractivity contribution in [1.82, 2.24) is 0 Å². The summed E-state index contributed by atoms with van der Waals surface area (Å²) in [4.78, 5) is 23.2. The summed E-state index contributed by atoms with van der Waals surface area (Å²) in [7, 11) is 0. The number of carbonyl (C=O) groups is 2. The zero-order chi connectivity index (χ0) is 14.2. The molecule has 1 aromatic carbocycles. The van der Waals surface area contributed by atoms with E-state index in [1.807, 2.05) is 6.07 Å². The molecule has 1 saturated heterocycles. The van der Waals surface area contributed by atoms with E-state index in [2.05, 4.69) is 0 Å². The predicted octanol–water partition coefficient (Wildman–Crippen LogP) is 2.09. The van der Waals surface area contributed by atoms with E-state index in [1.165, 1.54) is 0 Å². The van der Waals surface area contributed by atoms with Gasteiger partial charge in [-0.15, -0.1) is 0 Å². The highest BCUT2D eigenvalue weighted by atomic mass is 16.7. The van der Waals surface area contributed by atoms with Crippen LogP contribution in [-0.4, -0.2) is 31.3 Å². The molecule has 1 aliphatic rings. The Bertz CT molecular complexity index is 437. The van der Waals surface area contributed by atoms with E-state index in [0.717, 1.165) is 0 Å². The summed E-state index contributed by atoms with van der Waals surface area (Å²) in [5, 5.41) is 0. The lowest BCUT2D eigenvalue weighted by atomic mass is 10.1. The van der Waals surface area contributed by atoms with Crippen LogP contribution >= 0.6 is 0 Å². The summed E-state index contributed by atoms with van der Waals surface area (Å²) in [6.45, 7) is 1.23. The van der Waals surface area contributed by atoms with Gasteiger partial charge in [-0.1, -0.05) is 18.2 Å². The van der Waals surface area contributed by atoms with Crippen molar-refractivity contribution in [1.29, 1.82) is 0 Å². The third-order valence-electron chi connectivity index (χ3n) is 2.90. The van der Waals surface area contributed by atoms with Gasteiger partial charge < -0.3 is 14.2 Å². The van der Waals surface area contributed by atoms with Crippen molar-refractivity contribution >= 4 is 11.8 Å². The van der Waals surface area contributed by atoms with Gasteiger partial charge in [0.1, 0.15) is 18.0 Å².